The van der Waals surface area contributed by atoms with Crippen LogP contribution in [0.3, 0.4) is 0 Å². The highest BCUT2D eigenvalue weighted by molar-refractivity contribution is 7.89. The zero-order valence-electron chi connectivity index (χ0n) is 23.2. The van der Waals surface area contributed by atoms with Gasteiger partial charge in [-0.3, -0.25) is 14.6 Å². The van der Waals surface area contributed by atoms with E-state index in [-0.39, 0.29) is 68.1 Å². The van der Waals surface area contributed by atoms with Crippen LogP contribution in [0.4, 0.5) is 13.2 Å². The summed E-state index contributed by atoms with van der Waals surface area (Å²) in [5.41, 5.74) is 0.167. The summed E-state index contributed by atoms with van der Waals surface area (Å²) < 4.78 is 67.2. The molecule has 2 aromatic rings. The fraction of sp³-hybridized carbons (Fsp3) is 0.483. The van der Waals surface area contributed by atoms with E-state index in [1.807, 2.05) is 6.92 Å². The Hall–Kier alpha value is -3.29. The average Bonchev–Trinajstić information content (AvgIpc) is 3.56. The second kappa shape index (κ2) is 11.4. The number of hydrogen-bond acceptors (Lipinski definition) is 6. The van der Waals surface area contributed by atoms with Crippen molar-refractivity contribution in [2.75, 3.05) is 32.0 Å². The number of alkyl halides is 3. The molecule has 9 nitrogen and oxygen atoms in total. The van der Waals surface area contributed by atoms with Gasteiger partial charge in [-0.25, -0.2) is 12.7 Å². The number of aliphatic hydroxyl groups is 1. The molecule has 1 spiro atoms. The summed E-state index contributed by atoms with van der Waals surface area (Å²) in [7, 11) is -3.67. The molecule has 0 bridgehead atoms. The van der Waals surface area contributed by atoms with Crippen molar-refractivity contribution in [2.24, 2.45) is 4.99 Å². The molecule has 42 heavy (non-hydrogen) atoms. The topological polar surface area (TPSA) is 119 Å². The summed E-state index contributed by atoms with van der Waals surface area (Å²) in [6.07, 6.45) is -2.46. The number of nitrogens with one attached hydrogen (secondary N) is 1. The number of aliphatic hydroxyl groups excluding tert-OH is 1. The van der Waals surface area contributed by atoms with Gasteiger partial charge < -0.3 is 15.3 Å². The monoisotopic (exact) mass is 606 g/mol. The van der Waals surface area contributed by atoms with Crippen molar-refractivity contribution < 1.29 is 36.3 Å². The number of benzene rings is 2. The molecular weight excluding hydrogens is 573 g/mol. The van der Waals surface area contributed by atoms with Crippen LogP contribution in [0.15, 0.2) is 47.5 Å². The third-order valence-corrected chi connectivity index (χ3v) is 10.3. The average molecular weight is 607 g/mol. The molecule has 1 atom stereocenters. The van der Waals surface area contributed by atoms with Crippen LogP contribution < -0.4 is 5.32 Å². The van der Waals surface area contributed by atoms with Crippen molar-refractivity contribution in [2.45, 2.75) is 56.8 Å². The number of carbonyl (C=O) groups is 2. The van der Waals surface area contributed by atoms with Crippen molar-refractivity contribution in [3.63, 3.8) is 0 Å². The Morgan fingerprint density at radius 2 is 1.88 bits per heavy atom. The molecule has 3 heterocycles. The highest BCUT2D eigenvalue weighted by Gasteiger charge is 2.47. The molecule has 2 saturated heterocycles. The fourth-order valence-corrected chi connectivity index (χ4v) is 7.38. The van der Waals surface area contributed by atoms with Crippen LogP contribution in [0, 0.1) is 6.92 Å². The molecule has 2 aromatic carbocycles. The van der Waals surface area contributed by atoms with Gasteiger partial charge in [0.25, 0.3) is 11.8 Å². The van der Waals surface area contributed by atoms with E-state index in [0.29, 0.717) is 12.1 Å². The summed E-state index contributed by atoms with van der Waals surface area (Å²) in [6.45, 7) is 2.47. The number of amidine groups is 1. The molecule has 13 heteroatoms. The number of halogens is 3. The van der Waals surface area contributed by atoms with E-state index in [0.717, 1.165) is 36.1 Å². The molecule has 0 radical (unpaired) electrons. The minimum absolute atomic E-state index is 0.0522. The summed E-state index contributed by atoms with van der Waals surface area (Å²) in [5, 5.41) is 12.1. The van der Waals surface area contributed by atoms with E-state index in [1.165, 1.54) is 16.4 Å². The van der Waals surface area contributed by atoms with E-state index < -0.39 is 33.2 Å². The van der Waals surface area contributed by atoms with Crippen LogP contribution >= 0.6 is 0 Å². The van der Waals surface area contributed by atoms with Crippen molar-refractivity contribution in [1.82, 2.24) is 14.5 Å². The van der Waals surface area contributed by atoms with Gasteiger partial charge in [-0.05, 0) is 74.4 Å². The van der Waals surface area contributed by atoms with Gasteiger partial charge in [0, 0.05) is 30.8 Å². The Balaban J connectivity index is 1.21. The molecule has 2 fully saturated rings. The molecular formula is C29H33F3N4O5S. The standard InChI is InChI=1S/C29H33F3N4O5S/c1-19-16-22(26(38)36-12-3-6-24(36)18-37)8-7-20(19)9-15-42(40,41)35-13-10-28(11-14-35)27(39)33-25(34-28)21-4-2-5-23(17-21)29(30,31)32/h2,4-5,7-8,16-17,24,37H,3,6,9-15,18H2,1H3,(H,33,34,39)/t24-/m1/s1. The first kappa shape index (κ1) is 30.2. The van der Waals surface area contributed by atoms with E-state index in [2.05, 4.69) is 10.3 Å². The predicted molar refractivity (Wildman–Crippen MR) is 149 cm³/mol. The van der Waals surface area contributed by atoms with Gasteiger partial charge >= 0.3 is 6.18 Å². The van der Waals surface area contributed by atoms with Crippen molar-refractivity contribution >= 4 is 27.7 Å². The number of piperidine rings is 1. The summed E-state index contributed by atoms with van der Waals surface area (Å²) in [4.78, 5) is 31.9. The molecule has 0 unspecified atom stereocenters. The van der Waals surface area contributed by atoms with E-state index in [4.69, 9.17) is 0 Å². The van der Waals surface area contributed by atoms with Gasteiger partial charge in [-0.1, -0.05) is 18.2 Å². The third kappa shape index (κ3) is 5.95. The van der Waals surface area contributed by atoms with Crippen LogP contribution in [0.1, 0.15) is 58.3 Å². The molecule has 0 aliphatic carbocycles. The quantitative estimate of drug-likeness (QED) is 0.503. The van der Waals surface area contributed by atoms with Crippen molar-refractivity contribution in [3.05, 3.63) is 70.3 Å². The molecule has 226 valence electrons. The Kier molecular flexibility index (Phi) is 8.20. The maximum atomic E-state index is 13.2. The molecule has 5 rings (SSSR count). The molecule has 2 amide bonds. The second-order valence-corrected chi connectivity index (χ2v) is 13.2. The zero-order valence-corrected chi connectivity index (χ0v) is 24.0. The Morgan fingerprint density at radius 3 is 2.55 bits per heavy atom. The maximum Gasteiger partial charge on any atom is 0.416 e. The number of rotatable bonds is 7. The lowest BCUT2D eigenvalue weighted by atomic mass is 9.89. The lowest BCUT2D eigenvalue weighted by Crippen LogP contribution is -2.50. The van der Waals surface area contributed by atoms with Gasteiger partial charge in [0.05, 0.1) is 24.0 Å². The van der Waals surface area contributed by atoms with Gasteiger partial charge in [-0.15, -0.1) is 0 Å². The van der Waals surface area contributed by atoms with Crippen LogP contribution in [0.2, 0.25) is 0 Å². The van der Waals surface area contributed by atoms with E-state index in [1.54, 1.807) is 23.1 Å². The number of aryl methyl sites for hydroxylation is 2. The van der Waals surface area contributed by atoms with Crippen molar-refractivity contribution in [1.29, 1.82) is 0 Å². The van der Waals surface area contributed by atoms with Crippen LogP contribution in [-0.4, -0.2) is 84.0 Å². The Morgan fingerprint density at radius 1 is 1.14 bits per heavy atom. The molecule has 3 aliphatic heterocycles. The maximum absolute atomic E-state index is 13.2. The van der Waals surface area contributed by atoms with Gasteiger partial charge in [0.2, 0.25) is 10.0 Å². The normalized spacial score (nSPS) is 21.1. The van der Waals surface area contributed by atoms with Gasteiger partial charge in [0.15, 0.2) is 0 Å². The number of likely N-dealkylation sites (tertiary alicyclic amines) is 1. The zero-order chi connectivity index (χ0) is 30.3. The number of nitrogens with zero attached hydrogens (tertiary/aromatic N) is 3. The van der Waals surface area contributed by atoms with Crippen LogP contribution in [-0.2, 0) is 27.4 Å². The van der Waals surface area contributed by atoms with E-state index in [9.17, 15) is 36.3 Å². The Bertz CT molecular complexity index is 1520. The SMILES string of the molecule is Cc1cc(C(=O)N2CCC[C@@H]2CO)ccc1CCS(=O)(=O)N1CCC2(CC1)N=C(c1cccc(C(F)(F)F)c1)NC2=O. The predicted octanol–water partition coefficient (Wildman–Crippen LogP) is 2.89. The number of aliphatic imine (C=N–C) groups is 1. The first-order valence-corrected chi connectivity index (χ1v) is 15.5. The first-order valence-electron chi connectivity index (χ1n) is 13.9. The fourth-order valence-electron chi connectivity index (χ4n) is 5.91. The van der Waals surface area contributed by atoms with Gasteiger partial charge in [-0.2, -0.15) is 13.2 Å². The lowest BCUT2D eigenvalue weighted by Gasteiger charge is -2.34. The first-order chi connectivity index (χ1) is 19.8. The molecule has 3 aliphatic rings. The smallest absolute Gasteiger partial charge is 0.394 e. The molecule has 2 N–H and O–H groups in total. The summed E-state index contributed by atoms with van der Waals surface area (Å²) >= 11 is 0. The number of hydrogen-bond donors (Lipinski definition) is 2. The minimum Gasteiger partial charge on any atom is -0.394 e. The summed E-state index contributed by atoms with van der Waals surface area (Å²) in [5.74, 6) is -0.698. The largest absolute Gasteiger partial charge is 0.416 e. The lowest BCUT2D eigenvalue weighted by molar-refractivity contribution is -0.137. The number of carbonyl (C=O) groups excluding carboxylic acids is 2. The van der Waals surface area contributed by atoms with Crippen LogP contribution in [0.5, 0.6) is 0 Å². The number of amides is 2. The highest BCUT2D eigenvalue weighted by Crippen LogP contribution is 2.34. The van der Waals surface area contributed by atoms with Crippen LogP contribution in [0.25, 0.3) is 0 Å². The number of sulfonamides is 1. The minimum atomic E-state index is -4.54. The second-order valence-electron chi connectivity index (χ2n) is 11.1. The van der Waals surface area contributed by atoms with E-state index >= 15 is 0 Å². The highest BCUT2D eigenvalue weighted by atomic mass is 32.2. The molecule has 0 aromatic heterocycles. The molecule has 0 saturated carbocycles. The third-order valence-electron chi connectivity index (χ3n) is 8.45. The Labute approximate surface area is 242 Å². The summed E-state index contributed by atoms with van der Waals surface area (Å²) in [6, 6.07) is 9.58. The van der Waals surface area contributed by atoms with Gasteiger partial charge in [0.1, 0.15) is 11.4 Å². The van der Waals surface area contributed by atoms with Crippen molar-refractivity contribution in [3.8, 4) is 0 Å².